The summed E-state index contributed by atoms with van der Waals surface area (Å²) in [5.74, 6) is 1.79. The van der Waals surface area contributed by atoms with Gasteiger partial charge in [-0.1, -0.05) is 84.5 Å². The third-order valence-corrected chi connectivity index (χ3v) is 5.14. The van der Waals surface area contributed by atoms with Gasteiger partial charge in [0.2, 0.25) is 5.91 Å². The average Bonchev–Trinajstić information content (AvgIpc) is 2.80. The van der Waals surface area contributed by atoms with Crippen molar-refractivity contribution in [3.63, 3.8) is 0 Å². The van der Waals surface area contributed by atoms with Crippen LogP contribution in [-0.2, 0) is 4.79 Å². The molecule has 124 valence electrons. The van der Waals surface area contributed by atoms with E-state index in [9.17, 15) is 4.79 Å². The molecule has 1 amide bonds. The number of rotatable bonds is 12. The van der Waals surface area contributed by atoms with Crippen LogP contribution in [0.1, 0.15) is 90.9 Å². The largest absolute Gasteiger partial charge is 0.345 e. The topological polar surface area (TPSA) is 20.3 Å². The summed E-state index contributed by atoms with van der Waals surface area (Å²) >= 11 is 0. The van der Waals surface area contributed by atoms with Crippen molar-refractivity contribution < 1.29 is 4.79 Å². The molecule has 1 saturated heterocycles. The second kappa shape index (κ2) is 11.1. The lowest BCUT2D eigenvalue weighted by atomic mass is 9.83. The van der Waals surface area contributed by atoms with Crippen molar-refractivity contribution >= 4 is 5.91 Å². The molecule has 0 aromatic rings. The summed E-state index contributed by atoms with van der Waals surface area (Å²) in [5.41, 5.74) is 0. The van der Waals surface area contributed by atoms with Gasteiger partial charge in [0.05, 0.1) is 0 Å². The third-order valence-electron chi connectivity index (χ3n) is 5.14. The van der Waals surface area contributed by atoms with Gasteiger partial charge in [0, 0.05) is 20.0 Å². The number of likely N-dealkylation sites (tertiary alicyclic amines) is 1. The molecule has 2 unspecified atom stereocenters. The van der Waals surface area contributed by atoms with E-state index < -0.39 is 0 Å². The first-order chi connectivity index (χ1) is 10.2. The van der Waals surface area contributed by atoms with Gasteiger partial charge in [-0.15, -0.1) is 0 Å². The van der Waals surface area contributed by atoms with Crippen molar-refractivity contribution in [3.05, 3.63) is 0 Å². The molecule has 0 radical (unpaired) electrons. The molecular formula is C19H37NO. The van der Waals surface area contributed by atoms with E-state index >= 15 is 0 Å². The Kier molecular flexibility index (Phi) is 9.78. The second-order valence-electron chi connectivity index (χ2n) is 7.05. The first-order valence-electron chi connectivity index (χ1n) is 9.43. The van der Waals surface area contributed by atoms with Gasteiger partial charge in [-0.25, -0.2) is 0 Å². The molecule has 1 fully saturated rings. The second-order valence-corrected chi connectivity index (χ2v) is 7.05. The van der Waals surface area contributed by atoms with Gasteiger partial charge < -0.3 is 4.90 Å². The van der Waals surface area contributed by atoms with Crippen LogP contribution in [0.2, 0.25) is 0 Å². The maximum Gasteiger partial charge on any atom is 0.222 e. The summed E-state index contributed by atoms with van der Waals surface area (Å²) in [6.45, 7) is 5.55. The monoisotopic (exact) mass is 295 g/mol. The fraction of sp³-hybridized carbons (Fsp3) is 0.947. The molecule has 0 saturated carbocycles. The molecule has 1 aliphatic heterocycles. The Labute approximate surface area is 132 Å². The van der Waals surface area contributed by atoms with Crippen molar-refractivity contribution in [2.24, 2.45) is 11.8 Å². The van der Waals surface area contributed by atoms with Crippen molar-refractivity contribution in [1.82, 2.24) is 4.90 Å². The standard InChI is InChI=1S/C19H37NO/c1-4-6-8-10-12-14-17(13-11-9-7-5-2)18-15-19(21)20(3)16-18/h17-18H,4-16H2,1-3H3. The SMILES string of the molecule is CCCCCCCC(CCCCCC)C1CC(=O)N(C)C1. The molecule has 1 aliphatic rings. The summed E-state index contributed by atoms with van der Waals surface area (Å²) in [6, 6.07) is 0. The molecule has 1 rings (SSSR count). The zero-order valence-electron chi connectivity index (χ0n) is 14.7. The Hall–Kier alpha value is -0.530. The number of carbonyl (C=O) groups is 1. The number of hydrogen-bond acceptors (Lipinski definition) is 1. The smallest absolute Gasteiger partial charge is 0.222 e. The van der Waals surface area contributed by atoms with Gasteiger partial charge in [-0.3, -0.25) is 4.79 Å². The Morgan fingerprint density at radius 1 is 0.952 bits per heavy atom. The zero-order valence-corrected chi connectivity index (χ0v) is 14.7. The highest BCUT2D eigenvalue weighted by atomic mass is 16.2. The molecule has 2 nitrogen and oxygen atoms in total. The van der Waals surface area contributed by atoms with Crippen molar-refractivity contribution in [3.8, 4) is 0 Å². The lowest BCUT2D eigenvalue weighted by Crippen LogP contribution is -2.21. The number of hydrogen-bond donors (Lipinski definition) is 0. The highest BCUT2D eigenvalue weighted by molar-refractivity contribution is 5.78. The van der Waals surface area contributed by atoms with E-state index in [1.54, 1.807) is 0 Å². The van der Waals surface area contributed by atoms with Gasteiger partial charge in [0.1, 0.15) is 0 Å². The van der Waals surface area contributed by atoms with Crippen LogP contribution < -0.4 is 0 Å². The van der Waals surface area contributed by atoms with Gasteiger partial charge >= 0.3 is 0 Å². The lowest BCUT2D eigenvalue weighted by molar-refractivity contribution is -0.126. The molecule has 2 heteroatoms. The highest BCUT2D eigenvalue weighted by Gasteiger charge is 2.32. The van der Waals surface area contributed by atoms with Gasteiger partial charge in [-0.2, -0.15) is 0 Å². The van der Waals surface area contributed by atoms with Crippen LogP contribution in [0, 0.1) is 11.8 Å². The number of amides is 1. The minimum Gasteiger partial charge on any atom is -0.345 e. The number of nitrogens with zero attached hydrogens (tertiary/aromatic N) is 1. The van der Waals surface area contributed by atoms with Crippen molar-refractivity contribution in [1.29, 1.82) is 0 Å². The molecule has 0 aliphatic carbocycles. The fourth-order valence-corrected chi connectivity index (χ4v) is 3.67. The quantitative estimate of drug-likeness (QED) is 0.441. The lowest BCUT2D eigenvalue weighted by Gasteiger charge is -2.23. The fourth-order valence-electron chi connectivity index (χ4n) is 3.67. The summed E-state index contributed by atoms with van der Waals surface area (Å²) in [7, 11) is 1.97. The average molecular weight is 296 g/mol. The molecule has 2 atom stereocenters. The van der Waals surface area contributed by atoms with E-state index in [2.05, 4.69) is 13.8 Å². The van der Waals surface area contributed by atoms with Crippen LogP contribution in [-0.4, -0.2) is 24.4 Å². The number of carbonyl (C=O) groups excluding carboxylic acids is 1. The Bertz CT molecular complexity index is 277. The molecule has 0 spiro atoms. The van der Waals surface area contributed by atoms with E-state index in [-0.39, 0.29) is 0 Å². The molecular weight excluding hydrogens is 258 g/mol. The predicted octanol–water partition coefficient (Wildman–Crippen LogP) is 5.41. The highest BCUT2D eigenvalue weighted by Crippen LogP contribution is 2.32. The molecule has 0 N–H and O–H groups in total. The van der Waals surface area contributed by atoms with E-state index in [0.717, 1.165) is 18.9 Å². The van der Waals surface area contributed by atoms with Crippen LogP contribution in [0.3, 0.4) is 0 Å². The molecule has 0 aromatic heterocycles. The minimum atomic E-state index is 0.365. The molecule has 1 heterocycles. The van der Waals surface area contributed by atoms with E-state index in [1.165, 1.54) is 70.6 Å². The van der Waals surface area contributed by atoms with Gasteiger partial charge in [0.25, 0.3) is 0 Å². The summed E-state index contributed by atoms with van der Waals surface area (Å²) in [4.78, 5) is 13.8. The van der Waals surface area contributed by atoms with Crippen LogP contribution in [0.25, 0.3) is 0 Å². The first-order valence-corrected chi connectivity index (χ1v) is 9.43. The maximum atomic E-state index is 11.8. The molecule has 0 aromatic carbocycles. The van der Waals surface area contributed by atoms with Crippen LogP contribution in [0.4, 0.5) is 0 Å². The van der Waals surface area contributed by atoms with Gasteiger partial charge in [-0.05, 0) is 11.8 Å². The summed E-state index contributed by atoms with van der Waals surface area (Å²) < 4.78 is 0. The normalized spacial score (nSPS) is 20.2. The van der Waals surface area contributed by atoms with E-state index in [1.807, 2.05) is 11.9 Å². The Morgan fingerprint density at radius 3 is 1.95 bits per heavy atom. The Morgan fingerprint density at radius 2 is 1.48 bits per heavy atom. The third kappa shape index (κ3) is 7.33. The number of unbranched alkanes of at least 4 members (excludes halogenated alkanes) is 7. The minimum absolute atomic E-state index is 0.365. The molecule has 0 bridgehead atoms. The predicted molar refractivity (Wildman–Crippen MR) is 91.4 cm³/mol. The van der Waals surface area contributed by atoms with Crippen molar-refractivity contribution in [2.45, 2.75) is 90.9 Å². The van der Waals surface area contributed by atoms with Crippen LogP contribution >= 0.6 is 0 Å². The Balaban J connectivity index is 2.33. The van der Waals surface area contributed by atoms with Crippen LogP contribution in [0.5, 0.6) is 0 Å². The zero-order chi connectivity index (χ0) is 15.5. The van der Waals surface area contributed by atoms with E-state index in [0.29, 0.717) is 11.8 Å². The van der Waals surface area contributed by atoms with E-state index in [4.69, 9.17) is 0 Å². The van der Waals surface area contributed by atoms with Gasteiger partial charge in [0.15, 0.2) is 0 Å². The van der Waals surface area contributed by atoms with Crippen molar-refractivity contribution in [2.75, 3.05) is 13.6 Å². The molecule has 21 heavy (non-hydrogen) atoms. The maximum absolute atomic E-state index is 11.8. The van der Waals surface area contributed by atoms with Crippen LogP contribution in [0.15, 0.2) is 0 Å². The first kappa shape index (κ1) is 18.5. The summed E-state index contributed by atoms with van der Waals surface area (Å²) in [5, 5.41) is 0. The summed E-state index contributed by atoms with van der Waals surface area (Å²) in [6.07, 6.45) is 15.8.